The Morgan fingerprint density at radius 1 is 0.537 bits per heavy atom. The Morgan fingerprint density at radius 3 is 1.16 bits per heavy atom. The Balaban J connectivity index is 0.000000291. The summed E-state index contributed by atoms with van der Waals surface area (Å²) in [5.74, 6) is 3.33. The third-order valence-electron chi connectivity index (χ3n) is 9.91. The van der Waals surface area contributed by atoms with Gasteiger partial charge in [-0.2, -0.15) is 0 Å². The van der Waals surface area contributed by atoms with Crippen LogP contribution in [0.25, 0.3) is 0 Å². The lowest BCUT2D eigenvalue weighted by Gasteiger charge is -2.26. The number of likely N-dealkylation sites (tertiary alicyclic amines) is 2. The fourth-order valence-corrected chi connectivity index (χ4v) is 6.45. The van der Waals surface area contributed by atoms with Gasteiger partial charge in [0, 0.05) is 66.4 Å². The lowest BCUT2D eigenvalue weighted by molar-refractivity contribution is -0.385. The largest absolute Gasteiger partial charge is 0.508 e. The third-order valence-corrected chi connectivity index (χ3v) is 11.1. The highest BCUT2D eigenvalue weighted by atomic mass is 79.9. The van der Waals surface area contributed by atoms with Crippen LogP contribution >= 0.6 is 39.1 Å². The predicted octanol–water partition coefficient (Wildman–Crippen LogP) is 10.5. The van der Waals surface area contributed by atoms with Crippen LogP contribution in [-0.2, 0) is 0 Å². The van der Waals surface area contributed by atoms with Crippen LogP contribution < -0.4 is 25.3 Å². The van der Waals surface area contributed by atoms with Crippen LogP contribution in [-0.4, -0.2) is 119 Å². The molecule has 0 aliphatic carbocycles. The number of nitrogens with zero attached hydrogens (tertiary/aromatic N) is 5. The van der Waals surface area contributed by atoms with E-state index >= 15 is 0 Å². The number of aromatic hydroxyl groups is 1. The first-order valence-corrected chi connectivity index (χ1v) is 24.6. The number of hydrogen-bond acceptors (Lipinski definition) is 14. The van der Waals surface area contributed by atoms with E-state index in [2.05, 4.69) is 31.0 Å². The first kappa shape index (κ1) is 58.1. The van der Waals surface area contributed by atoms with Crippen molar-refractivity contribution in [3.05, 3.63) is 127 Å². The molecule has 4 N–H and O–H groups in total. The molecule has 4 aromatic rings. The molecule has 3 aliphatic heterocycles. The van der Waals surface area contributed by atoms with Gasteiger partial charge in [0.25, 0.3) is 17.1 Å². The molecule has 370 valence electrons. The number of anilines is 1. The minimum Gasteiger partial charge on any atom is -0.508 e. The van der Waals surface area contributed by atoms with E-state index in [4.69, 9.17) is 48.3 Å². The topological polar surface area (TPSA) is 222 Å². The van der Waals surface area contributed by atoms with Crippen molar-refractivity contribution in [1.82, 2.24) is 15.1 Å². The number of piperidine rings is 3. The van der Waals surface area contributed by atoms with E-state index in [1.807, 2.05) is 24.3 Å². The first-order valence-electron chi connectivity index (χ1n) is 22.4. The van der Waals surface area contributed by atoms with Gasteiger partial charge in [-0.15, -0.1) is 23.2 Å². The van der Waals surface area contributed by atoms with E-state index in [0.717, 1.165) is 49.6 Å². The fraction of sp³-hybridized carbons (Fsp3) is 0.489. The van der Waals surface area contributed by atoms with E-state index in [-0.39, 0.29) is 22.8 Å². The summed E-state index contributed by atoms with van der Waals surface area (Å²) in [4.78, 5) is 34.3. The van der Waals surface area contributed by atoms with Crippen molar-refractivity contribution in [2.45, 2.75) is 57.8 Å². The number of ether oxygens (including phenoxy) is 3. The Hall–Kier alpha value is -4.98. The van der Waals surface area contributed by atoms with Gasteiger partial charge in [0.2, 0.25) is 0 Å². The molecule has 3 aliphatic rings. The zero-order chi connectivity index (χ0) is 48.9. The van der Waals surface area contributed by atoms with E-state index in [1.165, 1.54) is 132 Å². The molecule has 0 spiro atoms. The quantitative estimate of drug-likeness (QED) is 0.0436. The molecule has 0 unspecified atom stereocenters. The normalized spacial score (nSPS) is 14.4. The van der Waals surface area contributed by atoms with Crippen molar-refractivity contribution < 1.29 is 34.1 Å². The molecular formula is C47H66BrCl2N7O10. The van der Waals surface area contributed by atoms with Crippen LogP contribution in [0, 0.1) is 30.3 Å². The maximum absolute atomic E-state index is 10.5. The average Bonchev–Trinajstić information content (AvgIpc) is 3.36. The molecular weight excluding hydrogens is 973 g/mol. The number of benzene rings is 4. The van der Waals surface area contributed by atoms with Crippen molar-refractivity contribution in [2.24, 2.45) is 0 Å². The number of hydrogen-bond donors (Lipinski definition) is 3. The van der Waals surface area contributed by atoms with E-state index in [9.17, 15) is 30.3 Å². The van der Waals surface area contributed by atoms with Gasteiger partial charge in [0.05, 0.1) is 20.6 Å². The summed E-state index contributed by atoms with van der Waals surface area (Å²) in [6.45, 7) is 11.0. The summed E-state index contributed by atoms with van der Waals surface area (Å²) in [7, 11) is 0. The van der Waals surface area contributed by atoms with Gasteiger partial charge in [-0.3, -0.25) is 40.1 Å². The van der Waals surface area contributed by atoms with E-state index in [0.29, 0.717) is 36.5 Å². The van der Waals surface area contributed by atoms with Crippen molar-refractivity contribution in [2.75, 3.05) is 95.0 Å². The summed E-state index contributed by atoms with van der Waals surface area (Å²) < 4.78 is 16.4. The molecule has 0 atom stereocenters. The molecule has 67 heavy (non-hydrogen) atoms. The van der Waals surface area contributed by atoms with Gasteiger partial charge in [-0.25, -0.2) is 0 Å². The molecule has 0 saturated carbocycles. The van der Waals surface area contributed by atoms with Crippen molar-refractivity contribution >= 4 is 61.9 Å². The van der Waals surface area contributed by atoms with Crippen LogP contribution in [0.4, 0.5) is 22.7 Å². The Labute approximate surface area is 412 Å². The van der Waals surface area contributed by atoms with Crippen LogP contribution in [0.1, 0.15) is 57.8 Å². The number of halogens is 3. The Morgan fingerprint density at radius 2 is 0.866 bits per heavy atom. The number of nitro benzene ring substituents is 3. The molecule has 7 rings (SSSR count). The smallest absolute Gasteiger partial charge is 0.269 e. The van der Waals surface area contributed by atoms with E-state index < -0.39 is 14.8 Å². The van der Waals surface area contributed by atoms with Crippen LogP contribution in [0.5, 0.6) is 23.0 Å². The lowest BCUT2D eigenvalue weighted by Crippen LogP contribution is -2.33. The zero-order valence-electron chi connectivity index (χ0n) is 38.1. The molecule has 4 aromatic carbocycles. The third kappa shape index (κ3) is 28.7. The second-order valence-electron chi connectivity index (χ2n) is 15.1. The molecule has 3 heterocycles. The molecule has 20 heteroatoms. The molecule has 0 bridgehead atoms. The van der Waals surface area contributed by atoms with Gasteiger partial charge >= 0.3 is 0 Å². The number of nitro groups is 3. The highest BCUT2D eigenvalue weighted by Gasteiger charge is 2.11. The van der Waals surface area contributed by atoms with Crippen LogP contribution in [0.2, 0.25) is 0 Å². The second-order valence-corrected chi connectivity index (χ2v) is 16.6. The van der Waals surface area contributed by atoms with E-state index in [1.54, 1.807) is 24.3 Å². The molecule has 3 fully saturated rings. The monoisotopic (exact) mass is 1040 g/mol. The Bertz CT molecular complexity index is 1880. The standard InChI is InChI=1S/C13H18N2O3.C13H20N2O.C8H8ClNO3.C6H5NO3.C5H11N.C2H4BrCl/c16-15(17)12-4-6-13(7-5-12)18-11-10-14-8-2-1-3-9-14;14-12-4-6-13(7-5-12)16-11-10-15-8-2-1-3-9-15;9-5-6-13-8-3-1-7(2-4-8)10(11)12;8-6-3-1-5(2-4-6)7(9)10;1-2-4-6-5-3-1;3-1-2-4/h4-7H,1-3,8-11H2;4-7H,1-3,8-11,14H2;1-4H,5-6H2;1-4,8H;6H,1-5H2;1-2H2. The molecule has 0 radical (unpaired) electrons. The summed E-state index contributed by atoms with van der Waals surface area (Å²) in [6.07, 6.45) is 12.2. The first-order chi connectivity index (χ1) is 32.4. The summed E-state index contributed by atoms with van der Waals surface area (Å²) >= 11 is 13.7. The highest BCUT2D eigenvalue weighted by molar-refractivity contribution is 9.09. The predicted molar refractivity (Wildman–Crippen MR) is 271 cm³/mol. The number of nitrogens with one attached hydrogen (secondary N) is 1. The fourth-order valence-electron chi connectivity index (χ4n) is 6.38. The summed E-state index contributed by atoms with van der Waals surface area (Å²) in [6, 6.07) is 24.7. The minimum atomic E-state index is -0.514. The molecule has 0 amide bonds. The summed E-state index contributed by atoms with van der Waals surface area (Å²) in [5.41, 5.74) is 6.52. The van der Waals surface area contributed by atoms with Gasteiger partial charge in [0.15, 0.2) is 0 Å². The maximum Gasteiger partial charge on any atom is 0.269 e. The van der Waals surface area contributed by atoms with Crippen molar-refractivity contribution in [3.63, 3.8) is 0 Å². The molecule has 17 nitrogen and oxygen atoms in total. The molecule has 3 saturated heterocycles. The molecule has 0 aromatic heterocycles. The summed E-state index contributed by atoms with van der Waals surface area (Å²) in [5, 5.41) is 43.7. The second kappa shape index (κ2) is 37.1. The number of nitrogens with two attached hydrogens (primary N) is 1. The van der Waals surface area contributed by atoms with Gasteiger partial charge in [0.1, 0.15) is 42.8 Å². The number of non-ortho nitro benzene ring substituents is 3. The number of nitrogen functional groups attached to an aromatic ring is 1. The number of alkyl halides is 3. The minimum absolute atomic E-state index is 0.0159. The highest BCUT2D eigenvalue weighted by Crippen LogP contribution is 2.19. The van der Waals surface area contributed by atoms with Gasteiger partial charge < -0.3 is 30.4 Å². The van der Waals surface area contributed by atoms with Crippen LogP contribution in [0.15, 0.2) is 97.1 Å². The number of phenolic OH excluding ortho intramolecular Hbond substituents is 1. The average molecular weight is 1040 g/mol. The van der Waals surface area contributed by atoms with Crippen LogP contribution in [0.3, 0.4) is 0 Å². The van der Waals surface area contributed by atoms with Crippen molar-refractivity contribution in [1.29, 1.82) is 0 Å². The maximum atomic E-state index is 10.5. The lowest BCUT2D eigenvalue weighted by atomic mass is 10.1. The zero-order valence-corrected chi connectivity index (χ0v) is 41.2. The van der Waals surface area contributed by atoms with Gasteiger partial charge in [-0.1, -0.05) is 35.2 Å². The van der Waals surface area contributed by atoms with Crippen molar-refractivity contribution in [3.8, 4) is 23.0 Å². The number of phenols is 1. The Kier molecular flexibility index (Phi) is 32.2. The number of rotatable bonds is 15. The van der Waals surface area contributed by atoms with Gasteiger partial charge in [-0.05, 0) is 138 Å². The SMILES string of the molecule is C1CCNCC1.ClCCBr.Nc1ccc(OCCN2CCCCC2)cc1.O=[N+]([O-])c1ccc(O)cc1.O=[N+]([O-])c1ccc(OCCCl)cc1.O=[N+]([O-])c1ccc(OCCN2CCCCC2)cc1.